The number of aromatic nitrogens is 9. The van der Waals surface area contributed by atoms with Gasteiger partial charge < -0.3 is 43.9 Å². The van der Waals surface area contributed by atoms with Crippen molar-refractivity contribution in [3.05, 3.63) is 211 Å². The average Bonchev–Trinajstić information content (AvgIpc) is 1.59. The summed E-state index contributed by atoms with van der Waals surface area (Å²) in [6.07, 6.45) is 18.9. The van der Waals surface area contributed by atoms with E-state index in [1.165, 1.54) is 140 Å². The van der Waals surface area contributed by atoms with Crippen LogP contribution in [0.25, 0.3) is 128 Å². The summed E-state index contributed by atoms with van der Waals surface area (Å²) >= 11 is 23.8. The number of amides is 1. The molecule has 15 aromatic rings. The number of halogens is 3. The highest BCUT2D eigenvalue weighted by Crippen LogP contribution is 2.54. The lowest BCUT2D eigenvalue weighted by molar-refractivity contribution is -0.166. The van der Waals surface area contributed by atoms with Gasteiger partial charge in [0.25, 0.3) is 0 Å². The SMILES string of the molecule is CC(=O)N1CC(N2CCC(c3nn(C4CC4)c4ccc(-c5nc6cc(C)c([C@H](OC(C)(C)C)C(=O)O)c(-c7ccc(Cl)cc7)c6s5)cc34)CC2)C1.CCOC(=O)[C@@H](OC(C)(C)C)c1c(C)cc2nc(-c3ccc4c(c3)c(C3CCN(C5CCC5)CC3)nn4C3CC3)sc2c1-c1ccc(Cl)cc1.Cc1cc2nc(-c3ccc4c(c3)c(C3CCN(C5CCC5)CC3)nn4C3CC3)sc2c(-c2ccc(Cl)cc2)c1[C@H](OC(C)(C)C)C(=O)O. The summed E-state index contributed by atoms with van der Waals surface area (Å²) in [4.78, 5) is 76.4. The number of aliphatic carboxylic acids is 2. The van der Waals surface area contributed by atoms with Crippen LogP contribution in [-0.4, -0.2) is 192 Å². The number of rotatable bonds is 25. The molecule has 3 atom stereocenters. The standard InChI is InChI=1S/C41H47ClN4O3S.C40H44ClN5O4S.C39H43ClN4O3S/c1-6-48-40(47)37(49-41(3,4)5)34-24(2)22-32-38(35(34)25-10-13-28(42)14-11-25)50-39(43-32)27-12-17-33-31(23-27)36(44-46(33)30-15-16-30)26-18-20-45(21-19-26)29-8-7-9-29;1-22-18-31-37(34(24-6-9-27(41)10-7-24)33(22)36(39(48)49)50-40(3,4)5)51-38(42-31)26-8-13-32-30(19-26)35(43-46(32)28-11-12-28)25-14-16-44(17-15-25)29-20-45(21-29)23(2)47;1-22-20-30-36(33(23-8-11-26(40)12-9-23)32(22)35(38(45)46)47-39(2,3)4)48-37(41-30)25-10-15-31-29(21-25)34(42-44(31)28-13-14-28)24-16-18-43(19-17-24)27-6-5-7-27/h10-14,17,22-23,26,29-30,37H,6-9,15-16,18-21H2,1-5H3;6-10,13,18-19,25,28-29,36H,11-12,14-17,20-21H2,1-5H3,(H,48,49);8-12,15,20-21,24,27-28,35H,5-7,13-14,16-19H2,1-4H3,(H,45,46)/t37-;36-;35-/m000/s1. The molecule has 29 heteroatoms. The molecule has 23 nitrogen and oxygen atoms in total. The molecule has 9 aliphatic rings. The van der Waals surface area contributed by atoms with E-state index in [9.17, 15) is 29.4 Å². The van der Waals surface area contributed by atoms with Gasteiger partial charge in [-0.2, -0.15) is 15.3 Å². The Morgan fingerprint density at radius 1 is 0.376 bits per heavy atom. The Morgan fingerprint density at radius 3 is 0.919 bits per heavy atom. The van der Waals surface area contributed by atoms with Gasteiger partial charge in [0.1, 0.15) is 15.0 Å². The largest absolute Gasteiger partial charge is 0.479 e. The van der Waals surface area contributed by atoms with Crippen molar-refractivity contribution >= 4 is 156 Å². The molecule has 2 N–H and O–H groups in total. The molecule has 1 amide bonds. The minimum absolute atomic E-state index is 0.165. The molecular formula is C120H134Cl3N13O10S3. The van der Waals surface area contributed by atoms with Crippen molar-refractivity contribution in [2.75, 3.05) is 59.0 Å². The number of hydrogen-bond donors (Lipinski definition) is 2. The van der Waals surface area contributed by atoms with Gasteiger partial charge in [0, 0.05) is 137 Å². The van der Waals surface area contributed by atoms with E-state index < -0.39 is 53.0 Å². The Labute approximate surface area is 898 Å². The Balaban J connectivity index is 0.000000127. The van der Waals surface area contributed by atoms with E-state index in [2.05, 4.69) is 89.4 Å². The van der Waals surface area contributed by atoms with Crippen LogP contribution in [0, 0.1) is 20.8 Å². The summed E-state index contributed by atoms with van der Waals surface area (Å²) in [6, 6.07) is 52.8. The summed E-state index contributed by atoms with van der Waals surface area (Å²) in [7, 11) is 0. The number of carbonyl (C=O) groups excluding carboxylic acids is 2. The summed E-state index contributed by atoms with van der Waals surface area (Å²) in [5.74, 6) is -0.968. The number of carboxylic acids is 2. The molecule has 149 heavy (non-hydrogen) atoms. The number of fused-ring (bicyclic) bond motifs is 6. The van der Waals surface area contributed by atoms with Crippen LogP contribution >= 0.6 is 68.8 Å². The fourth-order valence-electron chi connectivity index (χ4n) is 23.3. The number of benzene rings is 9. The zero-order valence-electron chi connectivity index (χ0n) is 87.7. The Bertz CT molecular complexity index is 7630. The third kappa shape index (κ3) is 21.4. The van der Waals surface area contributed by atoms with Crippen LogP contribution in [0.2, 0.25) is 15.1 Å². The van der Waals surface area contributed by atoms with Gasteiger partial charge in [-0.25, -0.2) is 29.3 Å². The predicted molar refractivity (Wildman–Crippen MR) is 600 cm³/mol. The van der Waals surface area contributed by atoms with E-state index >= 15 is 0 Å². The second-order valence-corrected chi connectivity index (χ2v) is 50.2. The van der Waals surface area contributed by atoms with Crippen molar-refractivity contribution in [3.63, 3.8) is 0 Å². The van der Waals surface area contributed by atoms with Gasteiger partial charge in [-0.05, 0) is 375 Å². The molecule has 9 fully saturated rings. The van der Waals surface area contributed by atoms with Gasteiger partial charge in [-0.3, -0.25) is 23.7 Å². The van der Waals surface area contributed by atoms with Gasteiger partial charge in [-0.15, -0.1) is 34.0 Å². The summed E-state index contributed by atoms with van der Waals surface area (Å²) in [5.41, 5.74) is 21.1. The number of carboxylic acid groups (broad SMARTS) is 2. The zero-order valence-corrected chi connectivity index (χ0v) is 92.4. The first-order valence-electron chi connectivity index (χ1n) is 53.8. The van der Waals surface area contributed by atoms with Crippen LogP contribution in [0.3, 0.4) is 0 Å². The van der Waals surface area contributed by atoms with E-state index in [0.29, 0.717) is 68.1 Å². The molecule has 0 radical (unpaired) electrons. The fourth-order valence-corrected chi connectivity index (χ4v) is 27.1. The van der Waals surface area contributed by atoms with Gasteiger partial charge in [-0.1, -0.05) is 84.0 Å². The summed E-state index contributed by atoms with van der Waals surface area (Å²) in [6.45, 7) is 35.2. The van der Waals surface area contributed by atoms with Crippen LogP contribution in [0.15, 0.2) is 146 Å². The molecule has 10 heterocycles. The number of piperidine rings is 3. The van der Waals surface area contributed by atoms with Gasteiger partial charge in [0.05, 0.1) is 106 Å². The Morgan fingerprint density at radius 2 is 0.658 bits per heavy atom. The van der Waals surface area contributed by atoms with Crippen LogP contribution < -0.4 is 0 Å². The van der Waals surface area contributed by atoms with Gasteiger partial charge in [0.2, 0.25) is 5.91 Å². The maximum Gasteiger partial charge on any atom is 0.339 e. The molecule has 5 saturated carbocycles. The van der Waals surface area contributed by atoms with E-state index in [4.69, 9.17) is 84.0 Å². The lowest BCUT2D eigenvalue weighted by Crippen LogP contribution is -2.61. The summed E-state index contributed by atoms with van der Waals surface area (Å²) < 4.78 is 34.2. The van der Waals surface area contributed by atoms with E-state index in [-0.39, 0.29) is 12.5 Å². The Kier molecular flexibility index (Phi) is 28.7. The highest BCUT2D eigenvalue weighted by atomic mass is 35.5. The fraction of sp³-hybridized carbons (Fsp3) is 0.467. The molecule has 0 bridgehead atoms. The molecule has 9 aromatic carbocycles. The van der Waals surface area contributed by atoms with Crippen molar-refractivity contribution in [3.8, 4) is 65.1 Å². The summed E-state index contributed by atoms with van der Waals surface area (Å²) in [5, 5.41) is 45.2. The van der Waals surface area contributed by atoms with Crippen molar-refractivity contribution < 1.29 is 48.3 Å². The normalized spacial score (nSPS) is 18.6. The maximum absolute atomic E-state index is 13.6. The van der Waals surface area contributed by atoms with Crippen molar-refractivity contribution in [2.45, 2.75) is 302 Å². The average molecular weight is 2120 g/mol. The maximum atomic E-state index is 13.6. The van der Waals surface area contributed by atoms with Crippen molar-refractivity contribution in [1.82, 2.24) is 63.9 Å². The number of aryl methyl sites for hydroxylation is 3. The topological polar surface area (TPSA) is 251 Å². The molecular weight excluding hydrogens is 1990 g/mol. The number of likely N-dealkylation sites (tertiary alicyclic amines) is 4. The smallest absolute Gasteiger partial charge is 0.339 e. The van der Waals surface area contributed by atoms with Crippen LogP contribution in [-0.2, 0) is 38.1 Å². The number of esters is 1. The molecule has 5 aliphatic carbocycles. The first kappa shape index (κ1) is 103. The highest BCUT2D eigenvalue weighted by molar-refractivity contribution is 7.23. The molecule has 778 valence electrons. The second kappa shape index (κ2) is 41.5. The molecule has 0 spiro atoms. The lowest BCUT2D eigenvalue weighted by atomic mass is 9.86. The van der Waals surface area contributed by atoms with Gasteiger partial charge >= 0.3 is 17.9 Å². The predicted octanol–water partition coefficient (Wildman–Crippen LogP) is 29.0. The highest BCUT2D eigenvalue weighted by Gasteiger charge is 2.44. The van der Waals surface area contributed by atoms with Crippen LogP contribution in [0.1, 0.15) is 296 Å². The Hall–Kier alpha value is -10.4. The number of thiazole rings is 3. The van der Waals surface area contributed by atoms with E-state index in [1.807, 2.05) is 180 Å². The van der Waals surface area contributed by atoms with Crippen molar-refractivity contribution in [2.24, 2.45) is 0 Å². The quantitative estimate of drug-likeness (QED) is 0.0505. The number of carbonyl (C=O) groups is 4. The minimum atomic E-state index is -1.17. The zero-order chi connectivity index (χ0) is 104. The lowest BCUT2D eigenvalue weighted by Gasteiger charge is -2.47. The molecule has 0 unspecified atom stereocenters. The monoisotopic (exact) mass is 2120 g/mol. The van der Waals surface area contributed by atoms with E-state index in [1.54, 1.807) is 40.9 Å². The number of hydrogen-bond acceptors (Lipinski definition) is 20. The molecule has 4 saturated heterocycles. The first-order chi connectivity index (χ1) is 71.5. The number of ether oxygens (including phenoxy) is 4. The molecule has 6 aromatic heterocycles. The third-order valence-corrected chi connectivity index (χ3v) is 35.9. The molecule has 24 rings (SSSR count). The first-order valence-corrected chi connectivity index (χ1v) is 57.4. The van der Waals surface area contributed by atoms with Gasteiger partial charge in [0.15, 0.2) is 18.3 Å². The van der Waals surface area contributed by atoms with Crippen LogP contribution in [0.4, 0.5) is 0 Å². The van der Waals surface area contributed by atoms with Crippen molar-refractivity contribution in [1.29, 1.82) is 0 Å². The molecule has 4 aliphatic heterocycles. The second-order valence-electron chi connectivity index (χ2n) is 45.9. The number of nitrogens with zero attached hydrogens (tertiary/aromatic N) is 13. The third-order valence-electron chi connectivity index (χ3n) is 31.7. The van der Waals surface area contributed by atoms with Crippen LogP contribution in [0.5, 0.6) is 0 Å². The minimum Gasteiger partial charge on any atom is -0.479 e. The van der Waals surface area contributed by atoms with E-state index in [0.717, 1.165) is 208 Å².